The van der Waals surface area contributed by atoms with Crippen LogP contribution in [0.4, 0.5) is 10.3 Å². The number of aromatic nitrogens is 2. The largest absolute Gasteiger partial charge is 0.466 e. The van der Waals surface area contributed by atoms with Gasteiger partial charge in [0, 0.05) is 18.0 Å². The molecule has 1 aliphatic carbocycles. The number of anilines is 1. The van der Waals surface area contributed by atoms with E-state index in [-0.39, 0.29) is 36.0 Å². The summed E-state index contributed by atoms with van der Waals surface area (Å²) < 4.78 is 22.0. The van der Waals surface area contributed by atoms with E-state index in [1.165, 1.54) is 0 Å². The molecule has 1 aliphatic rings. The van der Waals surface area contributed by atoms with Crippen molar-refractivity contribution >= 4 is 28.9 Å². The van der Waals surface area contributed by atoms with Crippen molar-refractivity contribution in [2.75, 3.05) is 11.9 Å². The van der Waals surface area contributed by atoms with Crippen LogP contribution < -0.4 is 5.32 Å². The number of rotatable bonds is 6. The smallest absolute Gasteiger partial charge is 0.310 e. The van der Waals surface area contributed by atoms with E-state index in [1.54, 1.807) is 23.6 Å². The first-order chi connectivity index (χ1) is 13.2. The molecule has 0 aliphatic heterocycles. The predicted molar refractivity (Wildman–Crippen MR) is 106 cm³/mol. The van der Waals surface area contributed by atoms with Crippen molar-refractivity contribution in [1.82, 2.24) is 9.55 Å². The minimum atomic E-state index is -0.471. The lowest BCUT2D eigenvalue weighted by Crippen LogP contribution is -2.24. The quantitative estimate of drug-likeness (QED) is 0.744. The van der Waals surface area contributed by atoms with Gasteiger partial charge in [0.05, 0.1) is 18.5 Å². The Kier molecular flexibility index (Phi) is 5.72. The van der Waals surface area contributed by atoms with Gasteiger partial charge in [0.1, 0.15) is 5.52 Å². The summed E-state index contributed by atoms with van der Waals surface area (Å²) in [7, 11) is 0. The number of fused-ring (bicyclic) bond motifs is 1. The topological polar surface area (TPSA) is 73.2 Å². The zero-order valence-corrected chi connectivity index (χ0v) is 17.0. The van der Waals surface area contributed by atoms with Crippen molar-refractivity contribution in [3.8, 4) is 0 Å². The molecule has 6 nitrogen and oxygen atoms in total. The number of halogens is 1. The highest BCUT2D eigenvalue weighted by molar-refractivity contribution is 5.92. The number of hydrogen-bond acceptors (Lipinski definition) is 4. The van der Waals surface area contributed by atoms with Crippen LogP contribution in [0, 0.1) is 11.2 Å². The van der Waals surface area contributed by atoms with Crippen LogP contribution in [0.15, 0.2) is 12.1 Å². The summed E-state index contributed by atoms with van der Waals surface area (Å²) in [5.41, 5.74) is 0.940. The van der Waals surface area contributed by atoms with E-state index in [4.69, 9.17) is 4.74 Å². The Morgan fingerprint density at radius 3 is 2.61 bits per heavy atom. The number of carbonyl (C=O) groups excluding carboxylic acids is 2. The second-order valence-corrected chi connectivity index (χ2v) is 8.56. The molecule has 2 aromatic rings. The molecule has 1 aromatic heterocycles. The van der Waals surface area contributed by atoms with E-state index in [9.17, 15) is 9.59 Å². The van der Waals surface area contributed by atoms with Gasteiger partial charge in [0.2, 0.25) is 11.9 Å². The zero-order chi connectivity index (χ0) is 20.5. The normalized spacial score (nSPS) is 14.8. The number of hydrogen-bond donors (Lipinski definition) is 1. The van der Waals surface area contributed by atoms with Crippen molar-refractivity contribution in [3.63, 3.8) is 0 Å². The molecule has 3 rings (SSSR count). The molecule has 0 bridgehead atoms. The third kappa shape index (κ3) is 4.34. The van der Waals surface area contributed by atoms with Crippen LogP contribution >= 0.6 is 0 Å². The highest BCUT2D eigenvalue weighted by Crippen LogP contribution is 2.38. The van der Waals surface area contributed by atoms with Crippen LogP contribution in [0.25, 0.3) is 11.0 Å². The molecule has 28 heavy (non-hydrogen) atoms. The second-order valence-electron chi connectivity index (χ2n) is 8.56. The molecule has 0 atom stereocenters. The Bertz CT molecular complexity index is 894. The maximum absolute atomic E-state index is 15.3. The first-order valence-electron chi connectivity index (χ1n) is 9.84. The lowest BCUT2D eigenvalue weighted by atomic mass is 9.92. The summed E-state index contributed by atoms with van der Waals surface area (Å²) >= 11 is 0. The van der Waals surface area contributed by atoms with Crippen molar-refractivity contribution in [1.29, 1.82) is 0 Å². The molecule has 7 heteroatoms. The molecular formula is C21H28FN3O3. The van der Waals surface area contributed by atoms with Gasteiger partial charge in [-0.1, -0.05) is 26.8 Å². The minimum Gasteiger partial charge on any atom is -0.466 e. The van der Waals surface area contributed by atoms with Gasteiger partial charge in [0.15, 0.2) is 5.82 Å². The number of nitrogens with one attached hydrogen (secondary N) is 1. The number of nitrogens with zero attached hydrogens (tertiary/aromatic N) is 2. The minimum absolute atomic E-state index is 0.0993. The van der Waals surface area contributed by atoms with Gasteiger partial charge >= 0.3 is 5.97 Å². The van der Waals surface area contributed by atoms with Gasteiger partial charge in [-0.15, -0.1) is 0 Å². The standard InChI is InChI=1S/C21H28FN3O3/c1-5-28-17(27)11-13-9-10-15-19(18(13)22)25(14-7-6-8-14)20(23-15)24-16(26)12-21(2,3)4/h9-10,14H,5-8,11-12H2,1-4H3,(H,23,24,26). The number of carbonyl (C=O) groups is 2. The summed E-state index contributed by atoms with van der Waals surface area (Å²) in [4.78, 5) is 28.7. The van der Waals surface area contributed by atoms with Gasteiger partial charge in [0.25, 0.3) is 0 Å². The van der Waals surface area contributed by atoms with Gasteiger partial charge in [-0.3, -0.25) is 14.9 Å². The van der Waals surface area contributed by atoms with Crippen LogP contribution in [0.2, 0.25) is 0 Å². The monoisotopic (exact) mass is 389 g/mol. The number of imidazole rings is 1. The number of amides is 1. The Morgan fingerprint density at radius 1 is 1.32 bits per heavy atom. The van der Waals surface area contributed by atoms with Crippen molar-refractivity contribution in [2.45, 2.75) is 65.8 Å². The van der Waals surface area contributed by atoms with Gasteiger partial charge in [-0.05, 0) is 37.7 Å². The van der Waals surface area contributed by atoms with Crippen LogP contribution in [-0.4, -0.2) is 28.0 Å². The van der Waals surface area contributed by atoms with Gasteiger partial charge in [-0.2, -0.15) is 0 Å². The molecule has 1 saturated carbocycles. The van der Waals surface area contributed by atoms with E-state index in [1.807, 2.05) is 20.8 Å². The molecule has 152 valence electrons. The fourth-order valence-corrected chi connectivity index (χ4v) is 3.43. The maximum Gasteiger partial charge on any atom is 0.310 e. The van der Waals surface area contributed by atoms with Crippen LogP contribution in [0.3, 0.4) is 0 Å². The molecule has 0 spiro atoms. The molecule has 1 fully saturated rings. The number of ether oxygens (including phenoxy) is 1. The fourth-order valence-electron chi connectivity index (χ4n) is 3.43. The molecule has 0 unspecified atom stereocenters. The molecule has 0 saturated heterocycles. The number of esters is 1. The van der Waals surface area contributed by atoms with Gasteiger partial charge in [-0.25, -0.2) is 9.37 Å². The van der Waals surface area contributed by atoms with Crippen LogP contribution in [0.1, 0.15) is 65.0 Å². The number of benzene rings is 1. The summed E-state index contributed by atoms with van der Waals surface area (Å²) in [5.74, 6) is -0.702. The third-order valence-electron chi connectivity index (χ3n) is 4.89. The summed E-state index contributed by atoms with van der Waals surface area (Å²) in [6, 6.07) is 3.36. The molecule has 0 radical (unpaired) electrons. The van der Waals surface area contributed by atoms with Gasteiger partial charge < -0.3 is 9.30 Å². The molecule has 1 heterocycles. The van der Waals surface area contributed by atoms with E-state index in [2.05, 4.69) is 10.3 Å². The highest BCUT2D eigenvalue weighted by atomic mass is 19.1. The van der Waals surface area contributed by atoms with E-state index < -0.39 is 11.8 Å². The third-order valence-corrected chi connectivity index (χ3v) is 4.89. The second kappa shape index (κ2) is 7.89. The maximum atomic E-state index is 15.3. The zero-order valence-electron chi connectivity index (χ0n) is 17.0. The van der Waals surface area contributed by atoms with E-state index in [0.29, 0.717) is 23.4 Å². The SMILES string of the molecule is CCOC(=O)Cc1ccc2nc(NC(=O)CC(C)(C)C)n(C3CCC3)c2c1F. The molecular weight excluding hydrogens is 361 g/mol. The summed E-state index contributed by atoms with van der Waals surface area (Å²) in [6.07, 6.45) is 3.10. The average molecular weight is 389 g/mol. The lowest BCUT2D eigenvalue weighted by molar-refractivity contribution is -0.142. The van der Waals surface area contributed by atoms with Crippen LogP contribution in [-0.2, 0) is 20.7 Å². The Morgan fingerprint density at radius 2 is 2.04 bits per heavy atom. The highest BCUT2D eigenvalue weighted by Gasteiger charge is 2.28. The van der Waals surface area contributed by atoms with E-state index >= 15 is 4.39 Å². The Hall–Kier alpha value is -2.44. The fraction of sp³-hybridized carbons (Fsp3) is 0.571. The van der Waals surface area contributed by atoms with Crippen LogP contribution in [0.5, 0.6) is 0 Å². The Balaban J connectivity index is 1.99. The summed E-state index contributed by atoms with van der Waals surface area (Å²) in [5, 5.41) is 2.87. The van der Waals surface area contributed by atoms with E-state index in [0.717, 1.165) is 19.3 Å². The van der Waals surface area contributed by atoms with Crippen molar-refractivity contribution in [3.05, 3.63) is 23.5 Å². The van der Waals surface area contributed by atoms with Crippen molar-refractivity contribution < 1.29 is 18.7 Å². The van der Waals surface area contributed by atoms with Crippen molar-refractivity contribution in [2.24, 2.45) is 5.41 Å². The predicted octanol–water partition coefficient (Wildman–Crippen LogP) is 4.38. The first kappa shape index (κ1) is 20.3. The molecule has 1 amide bonds. The lowest BCUT2D eigenvalue weighted by Gasteiger charge is -2.29. The average Bonchev–Trinajstić information content (AvgIpc) is 2.86. The Labute approximate surface area is 164 Å². The summed E-state index contributed by atoms with van der Waals surface area (Å²) in [6.45, 7) is 7.94. The molecule has 1 aromatic carbocycles. The molecule has 1 N–H and O–H groups in total. The first-order valence-corrected chi connectivity index (χ1v) is 9.84.